The van der Waals surface area contributed by atoms with E-state index in [2.05, 4.69) is 49.8 Å². The molecule has 0 spiro atoms. The molecule has 4 rings (SSSR count). The second-order valence-corrected chi connectivity index (χ2v) is 14.1. The molecule has 26 heteroatoms. The number of amides is 2. The van der Waals surface area contributed by atoms with Gasteiger partial charge in [0.2, 0.25) is 11.8 Å². The van der Waals surface area contributed by atoms with Gasteiger partial charge in [-0.1, -0.05) is 10.1 Å². The summed E-state index contributed by atoms with van der Waals surface area (Å²) in [5, 5.41) is 55.8. The number of nitrogens with two attached hydrogens (primary N) is 1. The predicted octanol–water partition coefficient (Wildman–Crippen LogP) is 6.23. The number of aromatic hydroxyl groups is 1. The topological polar surface area (TPSA) is 340 Å². The van der Waals surface area contributed by atoms with Crippen molar-refractivity contribution in [2.24, 2.45) is 20.5 Å². The molecule has 4 aromatic rings. The lowest BCUT2D eigenvalue weighted by molar-refractivity contribution is -0.432. The zero-order valence-electron chi connectivity index (χ0n) is 25.9. The van der Waals surface area contributed by atoms with E-state index < -0.39 is 70.3 Å². The summed E-state index contributed by atoms with van der Waals surface area (Å²) >= 11 is 0.631. The molecule has 0 radical (unpaired) electrons. The van der Waals surface area contributed by atoms with Crippen LogP contribution in [0, 0.1) is 0 Å². The van der Waals surface area contributed by atoms with E-state index in [1.54, 1.807) is 0 Å². The van der Waals surface area contributed by atoms with Gasteiger partial charge < -0.3 is 21.5 Å². The van der Waals surface area contributed by atoms with Gasteiger partial charge in [-0.15, -0.1) is 29.1 Å². The van der Waals surface area contributed by atoms with E-state index in [0.29, 0.717) is 12.0 Å². The van der Waals surface area contributed by atoms with Crippen molar-refractivity contribution >= 4 is 107 Å². The zero-order valence-corrected chi connectivity index (χ0v) is 29.2. The first-order valence-electron chi connectivity index (χ1n) is 13.5. The van der Waals surface area contributed by atoms with Crippen LogP contribution in [0.5, 0.6) is 5.75 Å². The van der Waals surface area contributed by atoms with Crippen LogP contribution in [0.4, 0.5) is 39.8 Å². The van der Waals surface area contributed by atoms with E-state index in [0.717, 1.165) is 30.3 Å². The normalized spacial score (nSPS) is 12.2. The maximum Gasteiger partial charge on any atom is 0.296 e. The molecule has 0 bridgehead atoms. The summed E-state index contributed by atoms with van der Waals surface area (Å²) in [5.74, 6) is -1.87. The minimum Gasteiger partial charge on any atom is -0.505 e. The molecule has 0 heterocycles. The van der Waals surface area contributed by atoms with Crippen LogP contribution in [0.25, 0.3) is 10.8 Å². The fourth-order valence-electron chi connectivity index (χ4n) is 4.32. The minimum atomic E-state index is -5.14. The Bertz CT molecular complexity index is 2340. The van der Waals surface area contributed by atoms with Gasteiger partial charge in [-0.3, -0.25) is 18.7 Å². The standard InChI is InChI=1S/C26H23N7O15S4/c1-11(34)28-14-3-5-18(49-47-45-37)16(9-14)30-33-25-21(52(42,43)44)8-13-7-19(50-48-46-38)24(26(36)22(13)23(25)27)32-31-17-10-15(29-12(2)35)4-6-20(17)51(39,40)41/h3-10,36-38H,27H2,1-2H3,(H,28,34)(H,29,35)(H,39,40,41)(H,42,43,44). The van der Waals surface area contributed by atoms with Crippen molar-refractivity contribution in [1.82, 2.24) is 0 Å². The lowest BCUT2D eigenvalue weighted by atomic mass is 10.1. The number of benzene rings is 4. The van der Waals surface area contributed by atoms with Crippen LogP contribution in [-0.2, 0) is 48.6 Å². The molecule has 0 atom stereocenters. The molecule has 2 amide bonds. The quantitative estimate of drug-likeness (QED) is 0.0175. The van der Waals surface area contributed by atoms with Crippen molar-refractivity contribution in [1.29, 1.82) is 0 Å². The Hall–Kier alpha value is -4.84. The van der Waals surface area contributed by atoms with Gasteiger partial charge in [0.25, 0.3) is 20.2 Å². The summed E-state index contributed by atoms with van der Waals surface area (Å²) in [6.45, 7) is 2.40. The number of carbonyl (C=O) groups is 2. The van der Waals surface area contributed by atoms with E-state index in [4.69, 9.17) is 16.2 Å². The number of fused-ring (bicyclic) bond motifs is 1. The molecule has 0 fully saturated rings. The molecular weight excluding hydrogens is 779 g/mol. The molecule has 276 valence electrons. The zero-order chi connectivity index (χ0) is 38.4. The first-order valence-corrected chi connectivity index (χ1v) is 17.8. The number of nitrogen functional groups attached to an aromatic ring is 1. The fraction of sp³-hybridized carbons (Fsp3) is 0.0769. The molecule has 0 aliphatic heterocycles. The highest BCUT2D eigenvalue weighted by molar-refractivity contribution is 7.95. The Kier molecular flexibility index (Phi) is 12.8. The van der Waals surface area contributed by atoms with Crippen LogP contribution < -0.4 is 16.4 Å². The van der Waals surface area contributed by atoms with Gasteiger partial charge in [0, 0.05) is 25.2 Å². The van der Waals surface area contributed by atoms with Gasteiger partial charge in [0.15, 0.2) is 5.75 Å². The number of nitrogens with zero attached hydrogens (tertiary/aromatic N) is 4. The highest BCUT2D eigenvalue weighted by Crippen LogP contribution is 2.50. The first-order chi connectivity index (χ1) is 24.4. The van der Waals surface area contributed by atoms with Crippen molar-refractivity contribution in [2.75, 3.05) is 16.4 Å². The number of rotatable bonds is 14. The van der Waals surface area contributed by atoms with Crippen molar-refractivity contribution in [3.63, 3.8) is 0 Å². The SMILES string of the molecule is CC(=O)Nc1ccc(SOOO)c(N=Nc2c(S(=O)(=O)O)cc3cc(SOOO)c(N=Nc4cc(NC(C)=O)ccc4S(=O)(=O)O)c(O)c3c2N)c1. The number of hydrogen-bond donors (Lipinski definition) is 8. The Morgan fingerprint density at radius 2 is 1.23 bits per heavy atom. The third kappa shape index (κ3) is 9.73. The molecule has 0 aliphatic carbocycles. The van der Waals surface area contributed by atoms with Gasteiger partial charge in [-0.25, -0.2) is 10.5 Å². The van der Waals surface area contributed by atoms with Crippen LogP contribution >= 0.6 is 24.1 Å². The van der Waals surface area contributed by atoms with Gasteiger partial charge in [0.1, 0.15) is 32.5 Å². The maximum atomic E-state index is 12.5. The van der Waals surface area contributed by atoms with Gasteiger partial charge in [0.05, 0.1) is 45.0 Å². The van der Waals surface area contributed by atoms with Crippen LogP contribution in [0.3, 0.4) is 0 Å². The summed E-state index contributed by atoms with van der Waals surface area (Å²) < 4.78 is 77.9. The molecule has 0 saturated heterocycles. The van der Waals surface area contributed by atoms with Gasteiger partial charge in [-0.05, 0) is 53.9 Å². The van der Waals surface area contributed by atoms with Crippen molar-refractivity contribution in [3.05, 3.63) is 48.5 Å². The maximum absolute atomic E-state index is 12.5. The summed E-state index contributed by atoms with van der Waals surface area (Å²) in [4.78, 5) is 21.3. The summed E-state index contributed by atoms with van der Waals surface area (Å²) in [7, 11) is -10.1. The smallest absolute Gasteiger partial charge is 0.296 e. The van der Waals surface area contributed by atoms with E-state index in [1.807, 2.05) is 0 Å². The van der Waals surface area contributed by atoms with E-state index in [1.165, 1.54) is 32.0 Å². The number of anilines is 3. The van der Waals surface area contributed by atoms with Gasteiger partial charge in [-0.2, -0.15) is 16.8 Å². The number of carbonyl (C=O) groups excluding carboxylic acids is 2. The largest absolute Gasteiger partial charge is 0.505 e. The number of hydrogen-bond acceptors (Lipinski definition) is 20. The summed E-state index contributed by atoms with van der Waals surface area (Å²) in [6, 6.07) is 9.06. The molecule has 4 aromatic carbocycles. The number of phenols is 1. The van der Waals surface area contributed by atoms with Crippen LogP contribution in [0.2, 0.25) is 0 Å². The lowest BCUT2D eigenvalue weighted by Gasteiger charge is -2.14. The molecule has 22 nitrogen and oxygen atoms in total. The molecule has 0 saturated carbocycles. The molecule has 0 aromatic heterocycles. The highest BCUT2D eigenvalue weighted by Gasteiger charge is 2.26. The molecule has 9 N–H and O–H groups in total. The molecule has 0 unspecified atom stereocenters. The van der Waals surface area contributed by atoms with Gasteiger partial charge >= 0.3 is 0 Å². The van der Waals surface area contributed by atoms with E-state index >= 15 is 0 Å². The van der Waals surface area contributed by atoms with E-state index in [-0.39, 0.29) is 49.7 Å². The Labute approximate surface area is 300 Å². The number of azo groups is 2. The Morgan fingerprint density at radius 3 is 1.79 bits per heavy atom. The third-order valence-corrected chi connectivity index (χ3v) is 9.29. The number of nitrogens with one attached hydrogen (secondary N) is 2. The average molecular weight is 802 g/mol. The molecule has 0 aliphatic rings. The Balaban J connectivity index is 1.99. The monoisotopic (exact) mass is 801 g/mol. The van der Waals surface area contributed by atoms with Crippen molar-refractivity contribution in [3.8, 4) is 5.75 Å². The van der Waals surface area contributed by atoms with Crippen LogP contribution in [0.15, 0.2) is 88.6 Å². The second kappa shape index (κ2) is 16.7. The fourth-order valence-corrected chi connectivity index (χ4v) is 6.51. The molecule has 52 heavy (non-hydrogen) atoms. The minimum absolute atomic E-state index is 0.0415. The van der Waals surface area contributed by atoms with Crippen molar-refractivity contribution < 1.29 is 69.9 Å². The van der Waals surface area contributed by atoms with Crippen molar-refractivity contribution in [2.45, 2.75) is 33.4 Å². The average Bonchev–Trinajstić information content (AvgIpc) is 3.04. The first kappa shape index (κ1) is 39.9. The van der Waals surface area contributed by atoms with Crippen LogP contribution in [-0.4, -0.2) is 53.4 Å². The predicted molar refractivity (Wildman–Crippen MR) is 181 cm³/mol. The highest BCUT2D eigenvalue weighted by atomic mass is 32.2. The summed E-state index contributed by atoms with van der Waals surface area (Å²) in [6.07, 6.45) is 0. The number of phenolic OH excluding ortho intramolecular Hbond substituents is 1. The molecular formula is C26H23N7O15S4. The second-order valence-electron chi connectivity index (χ2n) is 9.84. The van der Waals surface area contributed by atoms with E-state index in [9.17, 15) is 40.6 Å². The lowest BCUT2D eigenvalue weighted by Crippen LogP contribution is -2.06. The summed E-state index contributed by atoms with van der Waals surface area (Å²) in [5.41, 5.74) is 4.01. The van der Waals surface area contributed by atoms with Crippen LogP contribution in [0.1, 0.15) is 13.8 Å². The third-order valence-electron chi connectivity index (χ3n) is 6.25. The Morgan fingerprint density at radius 1 is 0.712 bits per heavy atom.